The number of thiazole rings is 1. The minimum Gasteiger partial charge on any atom is -0.489 e. The van der Waals surface area contributed by atoms with E-state index in [0.717, 1.165) is 60.9 Å². The molecule has 1 N–H and O–H groups in total. The maximum absolute atomic E-state index is 5.93. The van der Waals surface area contributed by atoms with Gasteiger partial charge in [0, 0.05) is 44.0 Å². The SMILES string of the molecule is C[N+]#Cc1cc(-c2ncc(C3=C4CCC(N5CCNCC5)C(=CC=C3)C4)s2)ccc1OC(C)C. The van der Waals surface area contributed by atoms with Gasteiger partial charge in [-0.3, -0.25) is 4.90 Å². The highest BCUT2D eigenvalue weighted by Gasteiger charge is 2.30. The Morgan fingerprint density at radius 3 is 2.91 bits per heavy atom. The topological polar surface area (TPSA) is 41.8 Å². The van der Waals surface area contributed by atoms with Crippen molar-refractivity contribution in [3.8, 4) is 22.4 Å². The Bertz CT molecular complexity index is 1200. The maximum atomic E-state index is 5.93. The van der Waals surface area contributed by atoms with Gasteiger partial charge in [-0.1, -0.05) is 28.6 Å². The molecule has 176 valence electrons. The quantitative estimate of drug-likeness (QED) is 0.612. The molecule has 2 bridgehead atoms. The van der Waals surface area contributed by atoms with Crippen molar-refractivity contribution >= 4 is 16.9 Å². The predicted octanol–water partition coefficient (Wildman–Crippen LogP) is 5.62. The first-order valence-electron chi connectivity index (χ1n) is 12.3. The van der Waals surface area contributed by atoms with Gasteiger partial charge in [-0.15, -0.1) is 11.3 Å². The molecule has 2 heterocycles. The Morgan fingerprint density at radius 1 is 1.26 bits per heavy atom. The van der Waals surface area contributed by atoms with Crippen molar-refractivity contribution in [1.29, 1.82) is 0 Å². The summed E-state index contributed by atoms with van der Waals surface area (Å²) in [5.74, 6) is 0.803. The van der Waals surface area contributed by atoms with E-state index < -0.39 is 0 Å². The van der Waals surface area contributed by atoms with Gasteiger partial charge in [0.25, 0.3) is 7.05 Å². The Balaban J connectivity index is 1.39. The zero-order chi connectivity index (χ0) is 23.5. The number of hydrogen-bond acceptors (Lipinski definition) is 5. The van der Waals surface area contributed by atoms with E-state index >= 15 is 0 Å². The lowest BCUT2D eigenvalue weighted by atomic mass is 9.83. The molecule has 1 aromatic carbocycles. The number of allylic oxidation sites excluding steroid dienone is 5. The number of fused-ring (bicyclic) bond motifs is 2. The average Bonchev–Trinajstić information content (AvgIpc) is 3.27. The van der Waals surface area contributed by atoms with Crippen LogP contribution in [0.2, 0.25) is 0 Å². The maximum Gasteiger partial charge on any atom is 0.314 e. The van der Waals surface area contributed by atoms with Gasteiger partial charge in [-0.2, -0.15) is 0 Å². The molecule has 2 aliphatic carbocycles. The molecule has 1 unspecified atom stereocenters. The molecule has 5 rings (SSSR count). The standard InChI is InChI=1S/C28H33N4OS/c1-19(2)33-26-10-8-22(16-23(26)17-29-3)28-31-18-27(34-28)24-6-4-5-21-15-20(24)7-9-25(21)32-13-11-30-12-14-32/h4-6,8,10,16,18-19,25,30H,7,9,11-15H2,1-3H3/q+1. The fourth-order valence-electron chi connectivity index (χ4n) is 5.16. The Morgan fingerprint density at radius 2 is 2.12 bits per heavy atom. The van der Waals surface area contributed by atoms with E-state index in [0.29, 0.717) is 6.04 Å². The molecule has 2 aromatic rings. The van der Waals surface area contributed by atoms with Gasteiger partial charge in [0.1, 0.15) is 16.3 Å². The van der Waals surface area contributed by atoms with Crippen molar-refractivity contribution in [3.05, 3.63) is 69.1 Å². The van der Waals surface area contributed by atoms with Gasteiger partial charge in [0.05, 0.1) is 11.0 Å². The summed E-state index contributed by atoms with van der Waals surface area (Å²) in [5, 5.41) is 4.49. The lowest BCUT2D eigenvalue weighted by Gasteiger charge is -2.39. The van der Waals surface area contributed by atoms with Crippen LogP contribution in [0.3, 0.4) is 0 Å². The molecule has 0 amide bonds. The van der Waals surface area contributed by atoms with Crippen LogP contribution in [0.25, 0.3) is 21.0 Å². The van der Waals surface area contributed by atoms with Gasteiger partial charge in [0.2, 0.25) is 0 Å². The molecule has 1 atom stereocenters. The first-order chi connectivity index (χ1) is 16.6. The van der Waals surface area contributed by atoms with E-state index in [1.54, 1.807) is 29.5 Å². The summed E-state index contributed by atoms with van der Waals surface area (Å²) in [7, 11) is 1.73. The third-order valence-corrected chi connectivity index (χ3v) is 7.78. The highest BCUT2D eigenvalue weighted by Crippen LogP contribution is 2.41. The van der Waals surface area contributed by atoms with Crippen molar-refractivity contribution in [1.82, 2.24) is 15.2 Å². The fourth-order valence-corrected chi connectivity index (χ4v) is 6.15. The van der Waals surface area contributed by atoms with Crippen LogP contribution in [-0.2, 0) is 0 Å². The Kier molecular flexibility index (Phi) is 6.96. The van der Waals surface area contributed by atoms with E-state index in [2.05, 4.69) is 51.5 Å². The van der Waals surface area contributed by atoms with E-state index in [4.69, 9.17) is 9.72 Å². The summed E-state index contributed by atoms with van der Waals surface area (Å²) in [6.07, 6.45) is 12.5. The molecule has 2 fully saturated rings. The summed E-state index contributed by atoms with van der Waals surface area (Å²) in [5.41, 5.74) is 6.41. The van der Waals surface area contributed by atoms with Crippen LogP contribution in [0.1, 0.15) is 43.6 Å². The van der Waals surface area contributed by atoms with Gasteiger partial charge >= 0.3 is 6.07 Å². The second-order valence-corrected chi connectivity index (χ2v) is 10.4. The molecule has 1 saturated carbocycles. The Hall–Kier alpha value is -2.72. The molecule has 1 saturated heterocycles. The summed E-state index contributed by atoms with van der Waals surface area (Å²) in [6.45, 7) is 8.57. The van der Waals surface area contributed by atoms with Crippen molar-refractivity contribution in [2.75, 3.05) is 33.2 Å². The smallest absolute Gasteiger partial charge is 0.314 e. The highest BCUT2D eigenvalue weighted by atomic mass is 32.1. The normalized spacial score (nSPS) is 20.6. The number of benzene rings is 1. The second kappa shape index (κ2) is 10.3. The van der Waals surface area contributed by atoms with Gasteiger partial charge in [-0.05, 0) is 62.5 Å². The minimum atomic E-state index is 0.102. The number of piperazine rings is 1. The van der Waals surface area contributed by atoms with E-state index in [1.807, 2.05) is 26.1 Å². The number of nitrogens with zero attached hydrogens (tertiary/aromatic N) is 3. The van der Waals surface area contributed by atoms with Crippen LogP contribution in [0.15, 0.2) is 53.8 Å². The lowest BCUT2D eigenvalue weighted by Crippen LogP contribution is -2.49. The van der Waals surface area contributed by atoms with Crippen LogP contribution in [0.4, 0.5) is 0 Å². The number of nitrogens with one attached hydrogen (secondary N) is 1. The van der Waals surface area contributed by atoms with Crippen molar-refractivity contribution in [2.24, 2.45) is 0 Å². The minimum absolute atomic E-state index is 0.102. The van der Waals surface area contributed by atoms with Crippen LogP contribution >= 0.6 is 11.3 Å². The van der Waals surface area contributed by atoms with Crippen molar-refractivity contribution in [2.45, 2.75) is 45.3 Å². The number of hydrogen-bond donors (Lipinski definition) is 1. The molecule has 34 heavy (non-hydrogen) atoms. The summed E-state index contributed by atoms with van der Waals surface area (Å²) < 4.78 is 5.93. The third kappa shape index (κ3) is 4.88. The van der Waals surface area contributed by atoms with Gasteiger partial charge in [0.15, 0.2) is 0 Å². The van der Waals surface area contributed by atoms with Crippen LogP contribution in [0.5, 0.6) is 5.75 Å². The molecule has 0 spiro atoms. The van der Waals surface area contributed by atoms with Crippen LogP contribution in [0, 0.1) is 6.07 Å². The molecular weight excluding hydrogens is 440 g/mol. The second-order valence-electron chi connectivity index (χ2n) is 9.38. The van der Waals surface area contributed by atoms with Crippen molar-refractivity contribution < 1.29 is 4.74 Å². The molecule has 6 heteroatoms. The highest BCUT2D eigenvalue weighted by molar-refractivity contribution is 7.16. The van der Waals surface area contributed by atoms with Gasteiger partial charge < -0.3 is 10.1 Å². The first kappa shape index (κ1) is 23.0. The zero-order valence-corrected chi connectivity index (χ0v) is 21.1. The largest absolute Gasteiger partial charge is 0.489 e. The summed E-state index contributed by atoms with van der Waals surface area (Å²) >= 11 is 1.76. The van der Waals surface area contributed by atoms with Crippen LogP contribution in [-0.4, -0.2) is 55.3 Å². The van der Waals surface area contributed by atoms with E-state index in [-0.39, 0.29) is 6.10 Å². The third-order valence-electron chi connectivity index (χ3n) is 6.70. The molecule has 5 nitrogen and oxygen atoms in total. The molecule has 3 aliphatic rings. The summed E-state index contributed by atoms with van der Waals surface area (Å²) in [6, 6.07) is 9.83. The average molecular weight is 474 g/mol. The fraction of sp³-hybridized carbons (Fsp3) is 0.429. The van der Waals surface area contributed by atoms with E-state index in [1.165, 1.54) is 16.9 Å². The van der Waals surface area contributed by atoms with Crippen LogP contribution < -0.4 is 10.1 Å². The monoisotopic (exact) mass is 473 g/mol. The summed E-state index contributed by atoms with van der Waals surface area (Å²) in [4.78, 5) is 12.8. The molecule has 1 aliphatic heterocycles. The Labute approximate surface area is 206 Å². The first-order valence-corrected chi connectivity index (χ1v) is 13.1. The zero-order valence-electron chi connectivity index (χ0n) is 20.3. The molecular formula is C28H33N4OS+. The number of ether oxygens (including phenoxy) is 1. The van der Waals surface area contributed by atoms with Gasteiger partial charge in [-0.25, -0.2) is 4.98 Å². The molecule has 0 radical (unpaired) electrons. The lowest BCUT2D eigenvalue weighted by molar-refractivity contribution is 0.180. The van der Waals surface area contributed by atoms with E-state index in [9.17, 15) is 0 Å². The number of aromatic nitrogens is 1. The van der Waals surface area contributed by atoms with Crippen molar-refractivity contribution in [3.63, 3.8) is 0 Å². The molecule has 1 aromatic heterocycles. The predicted molar refractivity (Wildman–Crippen MR) is 142 cm³/mol. The number of rotatable bonds is 5.